The standard InChI is InChI=1S/C6H8NO4/c1-2-5(8)11-4-3-7-6(9)10/h2,4,7H,1,3H2,(H,9,10). The monoisotopic (exact) mass is 158 g/mol. The van der Waals surface area contributed by atoms with E-state index in [0.717, 1.165) is 12.7 Å². The number of ether oxygens (including phenoxy) is 1. The van der Waals surface area contributed by atoms with Gasteiger partial charge in [-0.15, -0.1) is 0 Å². The fourth-order valence-electron chi connectivity index (χ4n) is 0.301. The molecule has 0 heterocycles. The predicted octanol–water partition coefficient (Wildman–Crippen LogP) is 0.145. The van der Waals surface area contributed by atoms with E-state index in [1.165, 1.54) is 0 Å². The third kappa shape index (κ3) is 6.36. The van der Waals surface area contributed by atoms with Crippen LogP contribution in [-0.2, 0) is 9.53 Å². The molecule has 0 saturated heterocycles. The predicted molar refractivity (Wildman–Crippen MR) is 36.6 cm³/mol. The molecule has 0 aromatic heterocycles. The molecule has 1 radical (unpaired) electrons. The Hall–Kier alpha value is -1.52. The van der Waals surface area contributed by atoms with Gasteiger partial charge in [0.05, 0.1) is 6.54 Å². The van der Waals surface area contributed by atoms with E-state index in [-0.39, 0.29) is 6.54 Å². The van der Waals surface area contributed by atoms with Crippen LogP contribution in [0.5, 0.6) is 0 Å². The molecule has 5 nitrogen and oxygen atoms in total. The normalized spacial score (nSPS) is 8.36. The van der Waals surface area contributed by atoms with E-state index in [1.54, 1.807) is 0 Å². The molecule has 0 aromatic rings. The fourth-order valence-corrected chi connectivity index (χ4v) is 0.301. The Morgan fingerprint density at radius 1 is 1.64 bits per heavy atom. The number of carbonyl (C=O) groups is 2. The van der Waals surface area contributed by atoms with Gasteiger partial charge in [0, 0.05) is 6.08 Å². The summed E-state index contributed by atoms with van der Waals surface area (Å²) in [5, 5.41) is 10.0. The first-order valence-electron chi connectivity index (χ1n) is 2.78. The van der Waals surface area contributed by atoms with Gasteiger partial charge >= 0.3 is 12.1 Å². The van der Waals surface area contributed by atoms with E-state index >= 15 is 0 Å². The van der Waals surface area contributed by atoms with Crippen molar-refractivity contribution >= 4 is 12.1 Å². The number of carbonyl (C=O) groups excluding carboxylic acids is 1. The maximum atomic E-state index is 10.3. The lowest BCUT2D eigenvalue weighted by atomic mass is 10.6. The van der Waals surface area contributed by atoms with Crippen molar-refractivity contribution in [2.45, 2.75) is 0 Å². The molecule has 2 N–H and O–H groups in total. The third-order valence-corrected chi connectivity index (χ3v) is 0.703. The Kier molecular flexibility index (Phi) is 4.55. The molecule has 0 spiro atoms. The zero-order chi connectivity index (χ0) is 8.69. The van der Waals surface area contributed by atoms with Crippen LogP contribution in [0.3, 0.4) is 0 Å². The summed E-state index contributed by atoms with van der Waals surface area (Å²) in [5.41, 5.74) is 0. The maximum Gasteiger partial charge on any atom is 0.404 e. The van der Waals surface area contributed by atoms with E-state index in [9.17, 15) is 9.59 Å². The first kappa shape index (κ1) is 9.48. The van der Waals surface area contributed by atoms with Crippen molar-refractivity contribution in [3.8, 4) is 0 Å². The first-order chi connectivity index (χ1) is 5.16. The number of carboxylic acid groups (broad SMARTS) is 1. The molecule has 0 aliphatic rings. The lowest BCUT2D eigenvalue weighted by Crippen LogP contribution is -2.23. The zero-order valence-corrected chi connectivity index (χ0v) is 5.74. The highest BCUT2D eigenvalue weighted by Crippen LogP contribution is 1.82. The highest BCUT2D eigenvalue weighted by molar-refractivity contribution is 5.81. The van der Waals surface area contributed by atoms with Gasteiger partial charge < -0.3 is 15.2 Å². The summed E-state index contributed by atoms with van der Waals surface area (Å²) in [5.74, 6) is -0.614. The third-order valence-electron chi connectivity index (χ3n) is 0.703. The second-order valence-corrected chi connectivity index (χ2v) is 1.49. The number of hydrogen-bond donors (Lipinski definition) is 2. The molecule has 0 fully saturated rings. The quantitative estimate of drug-likeness (QED) is 0.347. The van der Waals surface area contributed by atoms with Gasteiger partial charge in [-0.3, -0.25) is 0 Å². The van der Waals surface area contributed by atoms with E-state index < -0.39 is 12.1 Å². The average Bonchev–Trinajstić information content (AvgIpc) is 1.97. The smallest absolute Gasteiger partial charge is 0.404 e. The van der Waals surface area contributed by atoms with Crippen LogP contribution in [-0.4, -0.2) is 23.7 Å². The number of rotatable bonds is 4. The first-order valence-corrected chi connectivity index (χ1v) is 2.78. The van der Waals surface area contributed by atoms with Gasteiger partial charge in [0.1, 0.15) is 0 Å². The van der Waals surface area contributed by atoms with E-state index in [1.807, 2.05) is 5.32 Å². The number of nitrogens with one attached hydrogen (secondary N) is 1. The Bertz CT molecular complexity index is 166. The molecule has 0 rings (SSSR count). The molecule has 0 aromatic carbocycles. The molecule has 1 amide bonds. The van der Waals surface area contributed by atoms with Crippen LogP contribution in [0.25, 0.3) is 0 Å². The van der Waals surface area contributed by atoms with Crippen LogP contribution in [0, 0.1) is 6.61 Å². The minimum Gasteiger partial charge on any atom is -0.465 e. The molecule has 0 bridgehead atoms. The lowest BCUT2D eigenvalue weighted by Gasteiger charge is -1.99. The van der Waals surface area contributed by atoms with Gasteiger partial charge in [0.15, 0.2) is 6.61 Å². The van der Waals surface area contributed by atoms with Crippen molar-refractivity contribution in [2.24, 2.45) is 0 Å². The summed E-state index contributed by atoms with van der Waals surface area (Å²) >= 11 is 0. The molecule has 5 heteroatoms. The second kappa shape index (κ2) is 5.28. The maximum absolute atomic E-state index is 10.3. The summed E-state index contributed by atoms with van der Waals surface area (Å²) < 4.78 is 4.33. The van der Waals surface area contributed by atoms with Gasteiger partial charge in [-0.05, 0) is 0 Å². The van der Waals surface area contributed by atoms with Gasteiger partial charge in [0.2, 0.25) is 0 Å². The Labute approximate surface area is 63.7 Å². The number of esters is 1. The fraction of sp³-hybridized carbons (Fsp3) is 0.167. The Morgan fingerprint density at radius 3 is 2.73 bits per heavy atom. The van der Waals surface area contributed by atoms with Gasteiger partial charge in [-0.1, -0.05) is 6.58 Å². The van der Waals surface area contributed by atoms with E-state index in [2.05, 4.69) is 11.3 Å². The molecular formula is C6H8NO4. The molecular weight excluding hydrogens is 150 g/mol. The van der Waals surface area contributed by atoms with Crippen LogP contribution >= 0.6 is 0 Å². The summed E-state index contributed by atoms with van der Waals surface area (Å²) in [7, 11) is 0. The Morgan fingerprint density at radius 2 is 2.27 bits per heavy atom. The highest BCUT2D eigenvalue weighted by Gasteiger charge is 1.96. The van der Waals surface area contributed by atoms with Gasteiger partial charge in [0.25, 0.3) is 0 Å². The number of hydrogen-bond acceptors (Lipinski definition) is 3. The summed E-state index contributed by atoms with van der Waals surface area (Å²) in [6, 6.07) is 0. The van der Waals surface area contributed by atoms with E-state index in [0.29, 0.717) is 0 Å². The van der Waals surface area contributed by atoms with Crippen molar-refractivity contribution in [3.05, 3.63) is 19.3 Å². The molecule has 0 unspecified atom stereocenters. The molecule has 0 aliphatic heterocycles. The van der Waals surface area contributed by atoms with Crippen molar-refractivity contribution < 1.29 is 19.4 Å². The van der Waals surface area contributed by atoms with Crippen molar-refractivity contribution in [2.75, 3.05) is 6.54 Å². The molecule has 0 saturated carbocycles. The van der Waals surface area contributed by atoms with Crippen LogP contribution in [0.2, 0.25) is 0 Å². The summed E-state index contributed by atoms with van der Waals surface area (Å²) in [6.45, 7) is 4.15. The van der Waals surface area contributed by atoms with Crippen LogP contribution in [0.1, 0.15) is 0 Å². The largest absolute Gasteiger partial charge is 0.465 e. The molecule has 61 valence electrons. The molecule has 11 heavy (non-hydrogen) atoms. The SMILES string of the molecule is C=CC(=O)O[CH]CNC(=O)O. The van der Waals surface area contributed by atoms with Crippen molar-refractivity contribution in [1.29, 1.82) is 0 Å². The van der Waals surface area contributed by atoms with Crippen molar-refractivity contribution in [1.82, 2.24) is 5.32 Å². The Balaban J connectivity index is 3.21. The minimum absolute atomic E-state index is 0.0328. The second-order valence-electron chi connectivity index (χ2n) is 1.49. The zero-order valence-electron chi connectivity index (χ0n) is 5.74. The van der Waals surface area contributed by atoms with Gasteiger partial charge in [-0.25, -0.2) is 9.59 Å². The topological polar surface area (TPSA) is 75.6 Å². The minimum atomic E-state index is -1.17. The molecule has 0 atom stereocenters. The number of amides is 1. The lowest BCUT2D eigenvalue weighted by molar-refractivity contribution is -0.134. The summed E-state index contributed by atoms with van der Waals surface area (Å²) in [6.07, 6.45) is -0.187. The van der Waals surface area contributed by atoms with Crippen LogP contribution in [0.4, 0.5) is 4.79 Å². The average molecular weight is 158 g/mol. The van der Waals surface area contributed by atoms with E-state index in [4.69, 9.17) is 5.11 Å². The molecule has 0 aliphatic carbocycles. The summed E-state index contributed by atoms with van der Waals surface area (Å²) in [4.78, 5) is 20.1. The van der Waals surface area contributed by atoms with Crippen LogP contribution < -0.4 is 5.32 Å². The van der Waals surface area contributed by atoms with Gasteiger partial charge in [-0.2, -0.15) is 0 Å². The highest BCUT2D eigenvalue weighted by atomic mass is 16.5. The van der Waals surface area contributed by atoms with Crippen LogP contribution in [0.15, 0.2) is 12.7 Å². The van der Waals surface area contributed by atoms with Crippen molar-refractivity contribution in [3.63, 3.8) is 0 Å².